The molecule has 0 bridgehead atoms. The molecule has 1 saturated heterocycles. The quantitative estimate of drug-likeness (QED) is 0.901. The van der Waals surface area contributed by atoms with E-state index in [1.54, 1.807) is 12.4 Å². The standard InChI is InChI=1S/C16H24N4O/c1-17-16-14(18-6-7-19-16)9-13-3-2-8-20(11-13)15(21)10-12-4-5-12/h6-7,12-13H,2-5,8-11H2,1H3,(H,17,19). The maximum absolute atomic E-state index is 12.3. The number of amides is 1. The van der Waals surface area contributed by atoms with Gasteiger partial charge in [-0.15, -0.1) is 0 Å². The van der Waals surface area contributed by atoms with Crippen LogP contribution in [0, 0.1) is 11.8 Å². The molecule has 3 rings (SSSR count). The van der Waals surface area contributed by atoms with Crippen LogP contribution in [-0.4, -0.2) is 40.9 Å². The molecule has 1 aromatic heterocycles. The van der Waals surface area contributed by atoms with E-state index in [1.165, 1.54) is 19.3 Å². The van der Waals surface area contributed by atoms with E-state index in [9.17, 15) is 4.79 Å². The lowest BCUT2D eigenvalue weighted by Gasteiger charge is -2.33. The number of piperidine rings is 1. The van der Waals surface area contributed by atoms with Crippen molar-refractivity contribution in [1.29, 1.82) is 0 Å². The predicted molar refractivity (Wildman–Crippen MR) is 81.9 cm³/mol. The number of carbonyl (C=O) groups is 1. The second-order valence-electron chi connectivity index (χ2n) is 6.30. The van der Waals surface area contributed by atoms with Gasteiger partial charge in [-0.25, -0.2) is 4.98 Å². The normalized spacial score (nSPS) is 22.1. The summed E-state index contributed by atoms with van der Waals surface area (Å²) in [6.07, 6.45) is 9.89. The first-order valence-corrected chi connectivity index (χ1v) is 8.01. The number of hydrogen-bond acceptors (Lipinski definition) is 4. The zero-order valence-corrected chi connectivity index (χ0v) is 12.7. The number of hydrogen-bond donors (Lipinski definition) is 1. The first-order chi connectivity index (χ1) is 10.3. The van der Waals surface area contributed by atoms with E-state index in [2.05, 4.69) is 20.2 Å². The topological polar surface area (TPSA) is 58.1 Å². The van der Waals surface area contributed by atoms with Gasteiger partial charge in [-0.3, -0.25) is 9.78 Å². The Morgan fingerprint density at radius 2 is 2.10 bits per heavy atom. The fraction of sp³-hybridized carbons (Fsp3) is 0.688. The lowest BCUT2D eigenvalue weighted by Crippen LogP contribution is -2.40. The molecule has 1 aromatic rings. The van der Waals surface area contributed by atoms with Gasteiger partial charge in [0, 0.05) is 39.0 Å². The van der Waals surface area contributed by atoms with Gasteiger partial charge in [-0.05, 0) is 43.9 Å². The van der Waals surface area contributed by atoms with Crippen LogP contribution in [0.4, 0.5) is 5.82 Å². The van der Waals surface area contributed by atoms with E-state index in [-0.39, 0.29) is 0 Å². The second-order valence-corrected chi connectivity index (χ2v) is 6.30. The fourth-order valence-corrected chi connectivity index (χ4v) is 3.15. The number of nitrogens with zero attached hydrogens (tertiary/aromatic N) is 3. The Morgan fingerprint density at radius 3 is 2.86 bits per heavy atom. The molecule has 1 unspecified atom stereocenters. The summed E-state index contributed by atoms with van der Waals surface area (Å²) in [7, 11) is 1.87. The Bertz CT molecular complexity index is 501. The molecule has 114 valence electrons. The summed E-state index contributed by atoms with van der Waals surface area (Å²) in [5, 5.41) is 3.10. The number of carbonyl (C=O) groups excluding carboxylic acids is 1. The Kier molecular flexibility index (Phi) is 4.36. The molecule has 1 aliphatic heterocycles. The van der Waals surface area contributed by atoms with Crippen LogP contribution in [-0.2, 0) is 11.2 Å². The van der Waals surface area contributed by atoms with Gasteiger partial charge in [0.1, 0.15) is 5.82 Å². The molecule has 0 radical (unpaired) electrons. The molecule has 0 aromatic carbocycles. The third-order valence-corrected chi connectivity index (χ3v) is 4.52. The molecule has 2 fully saturated rings. The molecule has 2 aliphatic rings. The summed E-state index contributed by atoms with van der Waals surface area (Å²) in [4.78, 5) is 23.1. The van der Waals surface area contributed by atoms with E-state index in [4.69, 9.17) is 0 Å². The predicted octanol–water partition coefficient (Wildman–Crippen LogP) is 2.10. The summed E-state index contributed by atoms with van der Waals surface area (Å²) in [5.41, 5.74) is 1.02. The van der Waals surface area contributed by atoms with Crippen molar-refractivity contribution in [2.24, 2.45) is 11.8 Å². The van der Waals surface area contributed by atoms with Crippen molar-refractivity contribution in [2.75, 3.05) is 25.5 Å². The molecule has 1 saturated carbocycles. The van der Waals surface area contributed by atoms with Gasteiger partial charge < -0.3 is 10.2 Å². The van der Waals surface area contributed by atoms with Gasteiger partial charge in [0.05, 0.1) is 5.69 Å². The van der Waals surface area contributed by atoms with Gasteiger partial charge in [-0.2, -0.15) is 0 Å². The van der Waals surface area contributed by atoms with E-state index >= 15 is 0 Å². The van der Waals surface area contributed by atoms with Gasteiger partial charge >= 0.3 is 0 Å². The highest BCUT2D eigenvalue weighted by Gasteiger charge is 2.30. The Morgan fingerprint density at radius 1 is 1.29 bits per heavy atom. The van der Waals surface area contributed by atoms with Crippen molar-refractivity contribution in [1.82, 2.24) is 14.9 Å². The summed E-state index contributed by atoms with van der Waals surface area (Å²) in [6, 6.07) is 0. The van der Waals surface area contributed by atoms with Gasteiger partial charge in [0.15, 0.2) is 0 Å². The van der Waals surface area contributed by atoms with Crippen LogP contribution in [0.3, 0.4) is 0 Å². The molecular weight excluding hydrogens is 264 g/mol. The van der Waals surface area contributed by atoms with E-state index in [0.717, 1.165) is 43.9 Å². The van der Waals surface area contributed by atoms with Crippen molar-refractivity contribution in [2.45, 2.75) is 38.5 Å². The van der Waals surface area contributed by atoms with E-state index in [1.807, 2.05) is 7.05 Å². The van der Waals surface area contributed by atoms with Gasteiger partial charge in [0.2, 0.25) is 5.91 Å². The highest BCUT2D eigenvalue weighted by molar-refractivity contribution is 5.76. The molecule has 5 nitrogen and oxygen atoms in total. The monoisotopic (exact) mass is 288 g/mol. The first-order valence-electron chi connectivity index (χ1n) is 8.01. The van der Waals surface area contributed by atoms with E-state index < -0.39 is 0 Å². The number of aromatic nitrogens is 2. The van der Waals surface area contributed by atoms with E-state index in [0.29, 0.717) is 17.7 Å². The van der Waals surface area contributed by atoms with Crippen molar-refractivity contribution in [3.8, 4) is 0 Å². The molecular formula is C16H24N4O. The third kappa shape index (κ3) is 3.71. The van der Waals surface area contributed by atoms with Crippen LogP contribution >= 0.6 is 0 Å². The lowest BCUT2D eigenvalue weighted by molar-refractivity contribution is -0.133. The molecule has 1 atom stereocenters. The molecule has 1 aliphatic carbocycles. The first kappa shape index (κ1) is 14.3. The van der Waals surface area contributed by atoms with Crippen LogP contribution in [0.5, 0.6) is 0 Å². The summed E-state index contributed by atoms with van der Waals surface area (Å²) < 4.78 is 0. The average molecular weight is 288 g/mol. The van der Waals surface area contributed by atoms with Gasteiger partial charge in [0.25, 0.3) is 0 Å². The second kappa shape index (κ2) is 6.41. The largest absolute Gasteiger partial charge is 0.372 e. The van der Waals surface area contributed by atoms with Crippen LogP contribution < -0.4 is 5.32 Å². The highest BCUT2D eigenvalue weighted by atomic mass is 16.2. The van der Waals surface area contributed by atoms with Crippen LogP contribution in [0.1, 0.15) is 37.8 Å². The van der Waals surface area contributed by atoms with Crippen LogP contribution in [0.15, 0.2) is 12.4 Å². The van der Waals surface area contributed by atoms with Crippen LogP contribution in [0.2, 0.25) is 0 Å². The minimum atomic E-state index is 0.357. The fourth-order valence-electron chi connectivity index (χ4n) is 3.15. The molecule has 1 N–H and O–H groups in total. The Labute approximate surface area is 126 Å². The summed E-state index contributed by atoms with van der Waals surface area (Å²) in [5.74, 6) is 2.40. The van der Waals surface area contributed by atoms with Gasteiger partial charge in [-0.1, -0.05) is 0 Å². The SMILES string of the molecule is CNc1nccnc1CC1CCCN(C(=O)CC2CC2)C1. The highest BCUT2D eigenvalue weighted by Crippen LogP contribution is 2.33. The number of likely N-dealkylation sites (tertiary alicyclic amines) is 1. The Hall–Kier alpha value is -1.65. The Balaban J connectivity index is 1.59. The summed E-state index contributed by atoms with van der Waals surface area (Å²) >= 11 is 0. The minimum absolute atomic E-state index is 0.357. The molecule has 0 spiro atoms. The maximum Gasteiger partial charge on any atom is 0.222 e. The number of rotatable bonds is 5. The number of anilines is 1. The zero-order valence-electron chi connectivity index (χ0n) is 12.7. The third-order valence-electron chi connectivity index (χ3n) is 4.52. The lowest BCUT2D eigenvalue weighted by atomic mass is 9.93. The summed E-state index contributed by atoms with van der Waals surface area (Å²) in [6.45, 7) is 1.81. The van der Waals surface area contributed by atoms with Crippen molar-refractivity contribution >= 4 is 11.7 Å². The molecule has 1 amide bonds. The van der Waals surface area contributed by atoms with Crippen molar-refractivity contribution in [3.63, 3.8) is 0 Å². The molecule has 21 heavy (non-hydrogen) atoms. The van der Waals surface area contributed by atoms with Crippen LogP contribution in [0.25, 0.3) is 0 Å². The molecule has 5 heteroatoms. The number of nitrogens with one attached hydrogen (secondary N) is 1. The zero-order chi connectivity index (χ0) is 14.7. The molecule has 2 heterocycles. The average Bonchev–Trinajstić information content (AvgIpc) is 3.32. The van der Waals surface area contributed by atoms with Crippen molar-refractivity contribution in [3.05, 3.63) is 18.1 Å². The maximum atomic E-state index is 12.3. The minimum Gasteiger partial charge on any atom is -0.372 e. The van der Waals surface area contributed by atoms with Crippen molar-refractivity contribution < 1.29 is 4.79 Å². The smallest absolute Gasteiger partial charge is 0.222 e.